The van der Waals surface area contributed by atoms with Crippen molar-refractivity contribution in [3.8, 4) is 11.5 Å². The molecule has 34 heavy (non-hydrogen) atoms. The minimum absolute atomic E-state index is 0.0474. The van der Waals surface area contributed by atoms with E-state index in [2.05, 4.69) is 15.2 Å². The van der Waals surface area contributed by atoms with Crippen LogP contribution in [-0.2, 0) is 0 Å². The molecule has 2 amide bonds. The molecule has 2 aromatic carbocycles. The number of nitrogens with zero attached hydrogens (tertiary/aromatic N) is 3. The van der Waals surface area contributed by atoms with Crippen molar-refractivity contribution in [3.05, 3.63) is 76.9 Å². The Bertz CT molecular complexity index is 1160. The van der Waals surface area contributed by atoms with E-state index >= 15 is 0 Å². The average molecular weight is 481 g/mol. The molecule has 1 aliphatic rings. The van der Waals surface area contributed by atoms with E-state index in [0.717, 1.165) is 5.82 Å². The summed E-state index contributed by atoms with van der Waals surface area (Å²) in [4.78, 5) is 33.7. The number of aromatic nitrogens is 1. The van der Waals surface area contributed by atoms with Crippen molar-refractivity contribution in [3.63, 3.8) is 0 Å². The smallest absolute Gasteiger partial charge is 0.255 e. The van der Waals surface area contributed by atoms with E-state index in [1.165, 1.54) is 0 Å². The third-order valence-corrected chi connectivity index (χ3v) is 5.89. The summed E-state index contributed by atoms with van der Waals surface area (Å²) < 4.78 is 10.6. The number of rotatable bonds is 6. The van der Waals surface area contributed by atoms with Crippen molar-refractivity contribution in [2.24, 2.45) is 0 Å². The molecule has 0 radical (unpaired) electrons. The molecule has 8 nitrogen and oxygen atoms in total. The van der Waals surface area contributed by atoms with Crippen LogP contribution in [0.1, 0.15) is 20.7 Å². The van der Waals surface area contributed by atoms with Crippen molar-refractivity contribution < 1.29 is 19.1 Å². The Morgan fingerprint density at radius 3 is 2.18 bits per heavy atom. The molecule has 0 spiro atoms. The lowest BCUT2D eigenvalue weighted by atomic mass is 10.1. The first-order valence-electron chi connectivity index (χ1n) is 10.8. The largest absolute Gasteiger partial charge is 0.493 e. The quantitative estimate of drug-likeness (QED) is 0.574. The second kappa shape index (κ2) is 10.4. The van der Waals surface area contributed by atoms with Crippen molar-refractivity contribution >= 4 is 34.9 Å². The average Bonchev–Trinajstić information content (AvgIpc) is 2.88. The fraction of sp³-hybridized carbons (Fsp3) is 0.240. The van der Waals surface area contributed by atoms with Crippen LogP contribution in [0.4, 0.5) is 11.5 Å². The predicted octanol–water partition coefficient (Wildman–Crippen LogP) is 3.97. The van der Waals surface area contributed by atoms with Crippen molar-refractivity contribution in [2.75, 3.05) is 50.6 Å². The van der Waals surface area contributed by atoms with Gasteiger partial charge in [0.2, 0.25) is 0 Å². The van der Waals surface area contributed by atoms with Crippen LogP contribution in [0.3, 0.4) is 0 Å². The van der Waals surface area contributed by atoms with E-state index in [9.17, 15) is 9.59 Å². The maximum absolute atomic E-state index is 12.9. The minimum atomic E-state index is -0.228. The highest BCUT2D eigenvalue weighted by molar-refractivity contribution is 6.30. The topological polar surface area (TPSA) is 84.0 Å². The van der Waals surface area contributed by atoms with Gasteiger partial charge in [-0.3, -0.25) is 9.59 Å². The number of nitrogens with one attached hydrogen (secondary N) is 1. The Hall–Kier alpha value is -3.78. The fourth-order valence-electron chi connectivity index (χ4n) is 3.74. The molecule has 0 aliphatic carbocycles. The van der Waals surface area contributed by atoms with Gasteiger partial charge in [0.25, 0.3) is 11.8 Å². The molecule has 176 valence electrons. The zero-order chi connectivity index (χ0) is 24.1. The molecular formula is C25H25ClN4O4. The van der Waals surface area contributed by atoms with E-state index < -0.39 is 0 Å². The predicted molar refractivity (Wildman–Crippen MR) is 131 cm³/mol. The maximum Gasteiger partial charge on any atom is 0.255 e. The Labute approximate surface area is 203 Å². The second-order valence-electron chi connectivity index (χ2n) is 7.72. The van der Waals surface area contributed by atoms with Gasteiger partial charge in [0.05, 0.1) is 26.1 Å². The van der Waals surface area contributed by atoms with E-state index in [-0.39, 0.29) is 11.8 Å². The lowest BCUT2D eigenvalue weighted by Crippen LogP contribution is -2.49. The molecule has 1 N–H and O–H groups in total. The third-order valence-electron chi connectivity index (χ3n) is 5.63. The highest BCUT2D eigenvalue weighted by Gasteiger charge is 2.24. The highest BCUT2D eigenvalue weighted by Crippen LogP contribution is 2.28. The van der Waals surface area contributed by atoms with Gasteiger partial charge in [-0.25, -0.2) is 4.98 Å². The summed E-state index contributed by atoms with van der Waals surface area (Å²) in [7, 11) is 3.11. The molecule has 9 heteroatoms. The first kappa shape index (κ1) is 23.4. The molecule has 0 unspecified atom stereocenters. The first-order valence-corrected chi connectivity index (χ1v) is 11.2. The normalized spacial score (nSPS) is 13.4. The van der Waals surface area contributed by atoms with Crippen LogP contribution in [0.15, 0.2) is 60.8 Å². The van der Waals surface area contributed by atoms with Gasteiger partial charge in [0.1, 0.15) is 5.82 Å². The molecule has 1 aromatic heterocycles. The van der Waals surface area contributed by atoms with Gasteiger partial charge < -0.3 is 24.6 Å². The number of benzene rings is 2. The standard InChI is InChI=1S/C25H25ClN4O4/c1-33-21-9-5-18(15-22(21)34-2)25(32)30-13-11-29(12-14-30)23-10-8-20(16-27-23)28-24(31)17-3-6-19(26)7-4-17/h3-10,15-16H,11-14H2,1-2H3,(H,28,31). The van der Waals surface area contributed by atoms with Crippen molar-refractivity contribution in [2.45, 2.75) is 0 Å². The van der Waals surface area contributed by atoms with Crippen LogP contribution >= 0.6 is 11.6 Å². The summed E-state index contributed by atoms with van der Waals surface area (Å²) in [5.41, 5.74) is 1.68. The van der Waals surface area contributed by atoms with Crippen LogP contribution in [0.25, 0.3) is 0 Å². The Morgan fingerprint density at radius 1 is 0.882 bits per heavy atom. The van der Waals surface area contributed by atoms with Gasteiger partial charge in [-0.05, 0) is 54.6 Å². The van der Waals surface area contributed by atoms with Gasteiger partial charge in [-0.1, -0.05) is 11.6 Å². The van der Waals surface area contributed by atoms with E-state index in [1.807, 2.05) is 17.0 Å². The summed E-state index contributed by atoms with van der Waals surface area (Å²) in [5, 5.41) is 3.41. The van der Waals surface area contributed by atoms with Crippen LogP contribution in [0, 0.1) is 0 Å². The summed E-state index contributed by atoms with van der Waals surface area (Å²) in [6.07, 6.45) is 1.63. The molecule has 1 aliphatic heterocycles. The molecular weight excluding hydrogens is 456 g/mol. The molecule has 0 saturated carbocycles. The number of carbonyl (C=O) groups excluding carboxylic acids is 2. The number of halogens is 1. The van der Waals surface area contributed by atoms with Crippen LogP contribution < -0.4 is 19.7 Å². The molecule has 0 atom stereocenters. The van der Waals surface area contributed by atoms with Gasteiger partial charge >= 0.3 is 0 Å². The van der Waals surface area contributed by atoms with E-state index in [4.69, 9.17) is 21.1 Å². The summed E-state index contributed by atoms with van der Waals surface area (Å²) in [6.45, 7) is 2.46. The number of ether oxygens (including phenoxy) is 2. The third kappa shape index (κ3) is 5.23. The number of methoxy groups -OCH3 is 2. The molecule has 4 rings (SSSR count). The van der Waals surface area contributed by atoms with Crippen molar-refractivity contribution in [1.82, 2.24) is 9.88 Å². The lowest BCUT2D eigenvalue weighted by molar-refractivity contribution is 0.0746. The van der Waals surface area contributed by atoms with Crippen LogP contribution in [0.2, 0.25) is 5.02 Å². The zero-order valence-electron chi connectivity index (χ0n) is 19.0. The van der Waals surface area contributed by atoms with Gasteiger partial charge in [0, 0.05) is 42.3 Å². The van der Waals surface area contributed by atoms with E-state index in [0.29, 0.717) is 59.5 Å². The van der Waals surface area contributed by atoms with Crippen molar-refractivity contribution in [1.29, 1.82) is 0 Å². The number of piperazine rings is 1. The number of pyridine rings is 1. The SMILES string of the molecule is COc1ccc(C(=O)N2CCN(c3ccc(NC(=O)c4ccc(Cl)cc4)cn3)CC2)cc1OC. The second-order valence-corrected chi connectivity index (χ2v) is 8.15. The first-order chi connectivity index (χ1) is 16.5. The molecule has 1 saturated heterocycles. The van der Waals surface area contributed by atoms with Crippen LogP contribution in [-0.4, -0.2) is 62.1 Å². The maximum atomic E-state index is 12.9. The number of amides is 2. The minimum Gasteiger partial charge on any atom is -0.493 e. The number of anilines is 2. The van der Waals surface area contributed by atoms with Gasteiger partial charge in [0.15, 0.2) is 11.5 Å². The monoisotopic (exact) mass is 480 g/mol. The molecule has 0 bridgehead atoms. The Balaban J connectivity index is 1.33. The molecule has 2 heterocycles. The number of carbonyl (C=O) groups is 2. The van der Waals surface area contributed by atoms with Crippen LogP contribution in [0.5, 0.6) is 11.5 Å². The zero-order valence-corrected chi connectivity index (χ0v) is 19.7. The van der Waals surface area contributed by atoms with E-state index in [1.54, 1.807) is 62.9 Å². The Morgan fingerprint density at radius 2 is 1.56 bits per heavy atom. The summed E-state index contributed by atoms with van der Waals surface area (Å²) in [5.74, 6) is 1.63. The molecule has 1 fully saturated rings. The number of hydrogen-bond acceptors (Lipinski definition) is 6. The van der Waals surface area contributed by atoms with Gasteiger partial charge in [-0.2, -0.15) is 0 Å². The fourth-order valence-corrected chi connectivity index (χ4v) is 3.87. The summed E-state index contributed by atoms with van der Waals surface area (Å²) >= 11 is 5.87. The summed E-state index contributed by atoms with van der Waals surface area (Å²) in [6, 6.07) is 15.5. The highest BCUT2D eigenvalue weighted by atomic mass is 35.5. The number of hydrogen-bond donors (Lipinski definition) is 1. The Kier molecular flexibility index (Phi) is 7.18. The lowest BCUT2D eigenvalue weighted by Gasteiger charge is -2.35. The van der Waals surface area contributed by atoms with Gasteiger partial charge in [-0.15, -0.1) is 0 Å². The molecule has 3 aromatic rings.